The van der Waals surface area contributed by atoms with Crippen LogP contribution in [-0.2, 0) is 22.0 Å². The molecule has 3 N–H and O–H groups in total. The predicted molar refractivity (Wildman–Crippen MR) is 130 cm³/mol. The van der Waals surface area contributed by atoms with Gasteiger partial charge in [0.25, 0.3) is 0 Å². The van der Waals surface area contributed by atoms with Gasteiger partial charge in [0, 0.05) is 19.2 Å². The van der Waals surface area contributed by atoms with Gasteiger partial charge >= 0.3 is 0 Å². The van der Waals surface area contributed by atoms with E-state index in [1.54, 1.807) is 12.3 Å². The van der Waals surface area contributed by atoms with Crippen molar-refractivity contribution in [3.8, 4) is 11.5 Å². The molecule has 3 aromatic rings. The Kier molecular flexibility index (Phi) is 6.20. The third-order valence-electron chi connectivity index (χ3n) is 6.18. The second kappa shape index (κ2) is 8.79. The maximum Gasteiger partial charge on any atom is 0.233 e. The summed E-state index contributed by atoms with van der Waals surface area (Å²) in [5, 5.41) is 3.34. The van der Waals surface area contributed by atoms with Gasteiger partial charge in [-0.15, -0.1) is 0 Å². The maximum atomic E-state index is 12.1. The molecule has 1 aliphatic carbocycles. The highest BCUT2D eigenvalue weighted by Crippen LogP contribution is 2.38. The molecular formula is C24H31N5O3S. The number of hydrogen-bond acceptors (Lipinski definition) is 7. The van der Waals surface area contributed by atoms with E-state index in [9.17, 15) is 8.42 Å². The van der Waals surface area contributed by atoms with Crippen LogP contribution >= 0.6 is 0 Å². The van der Waals surface area contributed by atoms with E-state index >= 15 is 0 Å². The molecule has 4 rings (SSSR count). The summed E-state index contributed by atoms with van der Waals surface area (Å²) in [4.78, 5) is 8.95. The normalized spacial score (nSPS) is 19.7. The van der Waals surface area contributed by atoms with E-state index in [1.165, 1.54) is 13.5 Å². The van der Waals surface area contributed by atoms with Crippen molar-refractivity contribution in [1.29, 1.82) is 0 Å². The SMILES string of the molecule is CC1CC1CNc1cc(-c2ncc([C@](C)(N)Cc3ccccc3)o2)cc(N(C)S(C)(=O)=O)n1. The lowest BCUT2D eigenvalue weighted by Gasteiger charge is -2.21. The van der Waals surface area contributed by atoms with E-state index in [4.69, 9.17) is 10.2 Å². The van der Waals surface area contributed by atoms with Crippen molar-refractivity contribution in [3.63, 3.8) is 0 Å². The summed E-state index contributed by atoms with van der Waals surface area (Å²) in [6, 6.07) is 13.5. The molecule has 0 aliphatic heterocycles. The first-order valence-corrected chi connectivity index (χ1v) is 12.9. The fraction of sp³-hybridized carbons (Fsp3) is 0.417. The largest absolute Gasteiger partial charge is 0.439 e. The van der Waals surface area contributed by atoms with Crippen LogP contribution in [0.3, 0.4) is 0 Å². The second-order valence-corrected chi connectivity index (χ2v) is 11.3. The number of nitrogens with one attached hydrogen (secondary N) is 1. The van der Waals surface area contributed by atoms with Crippen LogP contribution < -0.4 is 15.4 Å². The number of benzene rings is 1. The predicted octanol–water partition coefficient (Wildman–Crippen LogP) is 3.62. The van der Waals surface area contributed by atoms with Gasteiger partial charge in [0.2, 0.25) is 15.9 Å². The summed E-state index contributed by atoms with van der Waals surface area (Å²) in [6.07, 6.45) is 4.56. The van der Waals surface area contributed by atoms with E-state index in [-0.39, 0.29) is 0 Å². The molecule has 0 spiro atoms. The van der Waals surface area contributed by atoms with E-state index in [0.717, 1.165) is 22.7 Å². The molecule has 8 nitrogen and oxygen atoms in total. The lowest BCUT2D eigenvalue weighted by molar-refractivity contribution is 0.371. The number of sulfonamides is 1. The monoisotopic (exact) mass is 469 g/mol. The van der Waals surface area contributed by atoms with E-state index in [1.807, 2.05) is 43.3 Å². The number of rotatable bonds is 9. The van der Waals surface area contributed by atoms with Crippen LogP contribution in [0.4, 0.5) is 11.6 Å². The number of nitrogens with zero attached hydrogens (tertiary/aromatic N) is 3. The van der Waals surface area contributed by atoms with Gasteiger partial charge in [-0.2, -0.15) is 0 Å². The number of anilines is 2. The zero-order chi connectivity index (χ0) is 23.8. The maximum absolute atomic E-state index is 12.1. The minimum Gasteiger partial charge on any atom is -0.439 e. The van der Waals surface area contributed by atoms with Gasteiger partial charge in [0.1, 0.15) is 17.4 Å². The molecule has 1 aromatic carbocycles. The lowest BCUT2D eigenvalue weighted by atomic mass is 9.92. The Balaban J connectivity index is 1.63. The number of nitrogens with two attached hydrogens (primary N) is 1. The smallest absolute Gasteiger partial charge is 0.233 e. The summed E-state index contributed by atoms with van der Waals surface area (Å²) in [5.74, 6) is 3.09. The van der Waals surface area contributed by atoms with Crippen molar-refractivity contribution in [2.45, 2.75) is 32.2 Å². The zero-order valence-corrected chi connectivity index (χ0v) is 20.3. The molecule has 2 heterocycles. The summed E-state index contributed by atoms with van der Waals surface area (Å²) < 4.78 is 31.5. The minimum absolute atomic E-state index is 0.292. The fourth-order valence-electron chi connectivity index (χ4n) is 3.76. The molecule has 2 unspecified atom stereocenters. The quantitative estimate of drug-likeness (QED) is 0.492. The number of hydrogen-bond donors (Lipinski definition) is 2. The Bertz CT molecular complexity index is 1220. The summed E-state index contributed by atoms with van der Waals surface area (Å²) in [7, 11) is -2.00. The van der Waals surface area contributed by atoms with Gasteiger partial charge in [0.05, 0.1) is 18.0 Å². The molecule has 1 fully saturated rings. The Labute approximate surface area is 195 Å². The molecule has 176 valence electrons. The second-order valence-electron chi connectivity index (χ2n) is 9.29. The number of oxazole rings is 1. The topological polar surface area (TPSA) is 114 Å². The van der Waals surface area contributed by atoms with Crippen molar-refractivity contribution in [1.82, 2.24) is 9.97 Å². The average Bonchev–Trinajstić information content (AvgIpc) is 3.23. The molecule has 3 atom stereocenters. The van der Waals surface area contributed by atoms with Gasteiger partial charge in [0.15, 0.2) is 0 Å². The number of pyridine rings is 1. The Hall–Kier alpha value is -2.91. The summed E-state index contributed by atoms with van der Waals surface area (Å²) in [5.41, 5.74) is 7.55. The molecule has 0 radical (unpaired) electrons. The molecule has 1 aliphatic rings. The third kappa shape index (κ3) is 5.54. The molecule has 0 saturated heterocycles. The molecule has 2 aromatic heterocycles. The van der Waals surface area contributed by atoms with Gasteiger partial charge < -0.3 is 15.5 Å². The van der Waals surface area contributed by atoms with Crippen molar-refractivity contribution in [2.75, 3.05) is 29.5 Å². The van der Waals surface area contributed by atoms with E-state index < -0.39 is 15.6 Å². The molecule has 33 heavy (non-hydrogen) atoms. The lowest BCUT2D eigenvalue weighted by Crippen LogP contribution is -2.35. The van der Waals surface area contributed by atoms with Crippen LogP contribution in [0, 0.1) is 11.8 Å². The zero-order valence-electron chi connectivity index (χ0n) is 19.4. The summed E-state index contributed by atoms with van der Waals surface area (Å²) in [6.45, 7) is 4.91. The highest BCUT2D eigenvalue weighted by molar-refractivity contribution is 7.92. The first kappa shape index (κ1) is 23.3. The highest BCUT2D eigenvalue weighted by Gasteiger charge is 2.32. The van der Waals surface area contributed by atoms with Gasteiger partial charge in [-0.1, -0.05) is 37.3 Å². The van der Waals surface area contributed by atoms with E-state index in [2.05, 4.69) is 22.2 Å². The van der Waals surface area contributed by atoms with Crippen molar-refractivity contribution < 1.29 is 12.8 Å². The van der Waals surface area contributed by atoms with Crippen LogP contribution in [-0.4, -0.2) is 38.2 Å². The molecule has 0 bridgehead atoms. The van der Waals surface area contributed by atoms with Crippen molar-refractivity contribution in [3.05, 3.63) is 60.0 Å². The third-order valence-corrected chi connectivity index (χ3v) is 7.37. The highest BCUT2D eigenvalue weighted by atomic mass is 32.2. The first-order valence-electron chi connectivity index (χ1n) is 11.0. The molecule has 0 amide bonds. The van der Waals surface area contributed by atoms with Crippen LogP contribution in [0.5, 0.6) is 0 Å². The van der Waals surface area contributed by atoms with E-state index in [0.29, 0.717) is 47.1 Å². The minimum atomic E-state index is -3.48. The van der Waals surface area contributed by atoms with Crippen LogP contribution in [0.2, 0.25) is 0 Å². The molecule has 1 saturated carbocycles. The van der Waals surface area contributed by atoms with Crippen LogP contribution in [0.15, 0.2) is 53.1 Å². The molecular weight excluding hydrogens is 438 g/mol. The fourth-order valence-corrected chi connectivity index (χ4v) is 4.19. The standard InChI is InChI=1S/C24H31N5O3S/c1-16-10-19(16)14-26-21-11-18(12-22(28-21)29(3)33(4,30)31)23-27-15-20(32-23)24(2,25)13-17-8-6-5-7-9-17/h5-9,11-12,15-16,19H,10,13-14,25H2,1-4H3,(H,26,28)/t16?,19?,24-/m1/s1. The Morgan fingerprint density at radius 3 is 2.61 bits per heavy atom. The van der Waals surface area contributed by atoms with Crippen molar-refractivity contribution in [2.24, 2.45) is 17.6 Å². The molecule has 9 heteroatoms. The van der Waals surface area contributed by atoms with Gasteiger partial charge in [-0.25, -0.2) is 18.4 Å². The van der Waals surface area contributed by atoms with Gasteiger partial charge in [-0.05, 0) is 49.3 Å². The average molecular weight is 470 g/mol. The first-order chi connectivity index (χ1) is 15.5. The van der Waals surface area contributed by atoms with Crippen molar-refractivity contribution >= 4 is 21.7 Å². The van der Waals surface area contributed by atoms with Crippen LogP contribution in [0.1, 0.15) is 31.6 Å². The number of aromatic nitrogens is 2. The van der Waals surface area contributed by atoms with Gasteiger partial charge in [-0.3, -0.25) is 4.31 Å². The Morgan fingerprint density at radius 2 is 1.97 bits per heavy atom. The summed E-state index contributed by atoms with van der Waals surface area (Å²) >= 11 is 0. The Morgan fingerprint density at radius 1 is 1.27 bits per heavy atom. The van der Waals surface area contributed by atoms with Crippen LogP contribution in [0.25, 0.3) is 11.5 Å².